The van der Waals surface area contributed by atoms with Crippen LogP contribution in [-0.2, 0) is 17.2 Å². The van der Waals surface area contributed by atoms with Crippen molar-refractivity contribution in [2.75, 3.05) is 6.16 Å². The molecule has 0 bridgehead atoms. The van der Waals surface area contributed by atoms with Gasteiger partial charge in [0.1, 0.15) is 0 Å². The van der Waals surface area contributed by atoms with E-state index in [-0.39, 0.29) is 6.16 Å². The first-order chi connectivity index (χ1) is 11.1. The van der Waals surface area contributed by atoms with Crippen LogP contribution >= 0.6 is 7.60 Å². The standard InChI is InChI=1S/C14H23N4O5P/c1-4-14(5-2,7-6-8-24(21,22)23)18-9-15-11-10(18)12(19)16-13(20)17(11)3/h9H,4-8H2,1-3H3,(H,16,19,20)(H2,21,22,23). The predicted molar refractivity (Wildman–Crippen MR) is 90.3 cm³/mol. The van der Waals surface area contributed by atoms with Gasteiger partial charge < -0.3 is 14.4 Å². The van der Waals surface area contributed by atoms with Gasteiger partial charge in [0.2, 0.25) is 0 Å². The Hall–Kier alpha value is -1.70. The van der Waals surface area contributed by atoms with E-state index in [0.29, 0.717) is 36.8 Å². The van der Waals surface area contributed by atoms with Crippen molar-refractivity contribution in [2.45, 2.75) is 45.1 Å². The largest absolute Gasteiger partial charge is 0.329 e. The first-order valence-electron chi connectivity index (χ1n) is 7.86. The molecular formula is C14H23N4O5P. The van der Waals surface area contributed by atoms with Crippen molar-refractivity contribution in [3.8, 4) is 0 Å². The lowest BCUT2D eigenvalue weighted by Crippen LogP contribution is -2.36. The number of rotatable bonds is 7. The second-order valence-corrected chi connectivity index (χ2v) is 7.80. The fourth-order valence-electron chi connectivity index (χ4n) is 3.17. The summed E-state index contributed by atoms with van der Waals surface area (Å²) in [6, 6.07) is 0. The second kappa shape index (κ2) is 6.66. The van der Waals surface area contributed by atoms with Crippen molar-refractivity contribution in [2.24, 2.45) is 7.05 Å². The summed E-state index contributed by atoms with van der Waals surface area (Å²) < 4.78 is 14.1. The smallest absolute Gasteiger partial charge is 0.324 e. The maximum absolute atomic E-state index is 12.3. The topological polar surface area (TPSA) is 130 Å². The van der Waals surface area contributed by atoms with E-state index in [9.17, 15) is 14.2 Å². The van der Waals surface area contributed by atoms with E-state index in [2.05, 4.69) is 9.97 Å². The lowest BCUT2D eigenvalue weighted by atomic mass is 9.87. The van der Waals surface area contributed by atoms with Crippen LogP contribution < -0.4 is 11.2 Å². The first kappa shape index (κ1) is 18.6. The van der Waals surface area contributed by atoms with E-state index in [0.717, 1.165) is 0 Å². The molecule has 0 aliphatic carbocycles. The lowest BCUT2D eigenvalue weighted by molar-refractivity contribution is 0.242. The van der Waals surface area contributed by atoms with Crippen LogP contribution in [0.15, 0.2) is 15.9 Å². The van der Waals surface area contributed by atoms with E-state index in [4.69, 9.17) is 9.79 Å². The van der Waals surface area contributed by atoms with E-state index < -0.39 is 24.4 Å². The number of hydrogen-bond donors (Lipinski definition) is 3. The number of aromatic nitrogens is 4. The molecule has 2 aromatic heterocycles. The molecule has 0 aliphatic heterocycles. The Bertz CT molecular complexity index is 887. The van der Waals surface area contributed by atoms with Gasteiger partial charge in [0.05, 0.1) is 6.33 Å². The Morgan fingerprint density at radius 3 is 2.46 bits per heavy atom. The van der Waals surface area contributed by atoms with Gasteiger partial charge >= 0.3 is 13.3 Å². The molecule has 24 heavy (non-hydrogen) atoms. The van der Waals surface area contributed by atoms with Crippen molar-refractivity contribution in [3.05, 3.63) is 27.2 Å². The zero-order valence-corrected chi connectivity index (χ0v) is 14.9. The highest BCUT2D eigenvalue weighted by molar-refractivity contribution is 7.51. The van der Waals surface area contributed by atoms with Gasteiger partial charge in [-0.2, -0.15) is 0 Å². The summed E-state index contributed by atoms with van der Waals surface area (Å²) in [6.07, 6.45) is 3.49. The van der Waals surface area contributed by atoms with Crippen LogP contribution in [0.5, 0.6) is 0 Å². The van der Waals surface area contributed by atoms with E-state index >= 15 is 0 Å². The summed E-state index contributed by atoms with van der Waals surface area (Å²) >= 11 is 0. The quantitative estimate of drug-likeness (QED) is 0.630. The summed E-state index contributed by atoms with van der Waals surface area (Å²) in [5, 5.41) is 0. The molecule has 0 aromatic carbocycles. The van der Waals surface area contributed by atoms with Crippen molar-refractivity contribution >= 4 is 18.8 Å². The normalized spacial score (nSPS) is 12.9. The number of nitrogens with one attached hydrogen (secondary N) is 1. The molecule has 2 rings (SSSR count). The van der Waals surface area contributed by atoms with Gasteiger partial charge in [-0.25, -0.2) is 9.78 Å². The Balaban J connectivity index is 2.54. The van der Waals surface area contributed by atoms with Gasteiger partial charge in [-0.15, -0.1) is 0 Å². The predicted octanol–water partition coefficient (Wildman–Crippen LogP) is 0.896. The minimum atomic E-state index is -4.06. The summed E-state index contributed by atoms with van der Waals surface area (Å²) in [4.78, 5) is 48.6. The van der Waals surface area contributed by atoms with E-state index in [1.807, 2.05) is 13.8 Å². The SMILES string of the molecule is CCC(CC)(CCCP(=O)(O)O)n1cnc2c1c(=O)[nH]c(=O)n2C. The fraction of sp³-hybridized carbons (Fsp3) is 0.643. The van der Waals surface area contributed by atoms with Gasteiger partial charge in [-0.1, -0.05) is 13.8 Å². The highest BCUT2D eigenvalue weighted by Crippen LogP contribution is 2.39. The molecule has 0 unspecified atom stereocenters. The highest BCUT2D eigenvalue weighted by atomic mass is 31.2. The molecule has 0 radical (unpaired) electrons. The summed E-state index contributed by atoms with van der Waals surface area (Å²) in [5.74, 6) is 0. The maximum Gasteiger partial charge on any atom is 0.329 e. The molecular weight excluding hydrogens is 335 g/mol. The average Bonchev–Trinajstić information content (AvgIpc) is 2.95. The van der Waals surface area contributed by atoms with E-state index in [1.165, 1.54) is 17.9 Å². The Labute approximate surface area is 138 Å². The van der Waals surface area contributed by atoms with Gasteiger partial charge in [-0.05, 0) is 25.7 Å². The third-order valence-corrected chi connectivity index (χ3v) is 5.62. The monoisotopic (exact) mass is 358 g/mol. The van der Waals surface area contributed by atoms with Crippen molar-refractivity contribution < 1.29 is 14.4 Å². The van der Waals surface area contributed by atoms with Gasteiger partial charge in [-0.3, -0.25) is 18.9 Å². The van der Waals surface area contributed by atoms with Crippen LogP contribution in [0.1, 0.15) is 39.5 Å². The molecule has 0 atom stereocenters. The van der Waals surface area contributed by atoms with Gasteiger partial charge in [0.25, 0.3) is 5.56 Å². The Kier molecular flexibility index (Phi) is 5.17. The molecule has 3 N–H and O–H groups in total. The molecule has 0 spiro atoms. The summed E-state index contributed by atoms with van der Waals surface area (Å²) in [5.41, 5.74) is -0.930. The minimum Gasteiger partial charge on any atom is -0.324 e. The number of hydrogen-bond acceptors (Lipinski definition) is 4. The number of nitrogens with zero attached hydrogens (tertiary/aromatic N) is 3. The minimum absolute atomic E-state index is 0.198. The van der Waals surface area contributed by atoms with Crippen LogP contribution in [0.4, 0.5) is 0 Å². The number of H-pyrrole nitrogens is 1. The van der Waals surface area contributed by atoms with Crippen molar-refractivity contribution in [1.29, 1.82) is 0 Å². The molecule has 0 fully saturated rings. The van der Waals surface area contributed by atoms with Crippen LogP contribution in [0.25, 0.3) is 11.2 Å². The van der Waals surface area contributed by atoms with Crippen LogP contribution in [0.2, 0.25) is 0 Å². The molecule has 0 amide bonds. The van der Waals surface area contributed by atoms with E-state index in [1.54, 1.807) is 4.57 Å². The maximum atomic E-state index is 12.3. The fourth-order valence-corrected chi connectivity index (χ4v) is 3.74. The number of aryl methyl sites for hydroxylation is 1. The zero-order valence-electron chi connectivity index (χ0n) is 14.0. The molecule has 134 valence electrons. The number of fused-ring (bicyclic) bond motifs is 1. The van der Waals surface area contributed by atoms with Crippen LogP contribution in [-0.4, -0.2) is 35.1 Å². The zero-order chi connectivity index (χ0) is 18.1. The van der Waals surface area contributed by atoms with Gasteiger partial charge in [0.15, 0.2) is 11.2 Å². The van der Waals surface area contributed by atoms with Crippen molar-refractivity contribution in [1.82, 2.24) is 19.1 Å². The second-order valence-electron chi connectivity index (χ2n) is 6.03. The molecule has 2 heterocycles. The van der Waals surface area contributed by atoms with Crippen molar-refractivity contribution in [3.63, 3.8) is 0 Å². The third-order valence-electron chi connectivity index (χ3n) is 4.72. The molecule has 10 heteroatoms. The molecule has 0 aliphatic rings. The summed E-state index contributed by atoms with van der Waals surface area (Å²) in [6.45, 7) is 3.92. The summed E-state index contributed by atoms with van der Waals surface area (Å²) in [7, 11) is -2.53. The van der Waals surface area contributed by atoms with Crippen LogP contribution in [0, 0.1) is 0 Å². The van der Waals surface area contributed by atoms with Crippen LogP contribution in [0.3, 0.4) is 0 Å². The Morgan fingerprint density at radius 2 is 1.92 bits per heavy atom. The van der Waals surface area contributed by atoms with Gasteiger partial charge in [0, 0.05) is 18.7 Å². The highest BCUT2D eigenvalue weighted by Gasteiger charge is 2.31. The first-order valence-corrected chi connectivity index (χ1v) is 9.66. The third kappa shape index (κ3) is 3.38. The molecule has 9 nitrogen and oxygen atoms in total. The molecule has 2 aromatic rings. The average molecular weight is 358 g/mol. The molecule has 0 saturated heterocycles. The lowest BCUT2D eigenvalue weighted by Gasteiger charge is -2.34. The Morgan fingerprint density at radius 1 is 1.29 bits per heavy atom. The molecule has 0 saturated carbocycles. The number of imidazole rings is 1. The number of aromatic amines is 1.